The Kier molecular flexibility index (Phi) is 4.62. The number of hydrogen-bond donors (Lipinski definition) is 2. The first-order valence-corrected chi connectivity index (χ1v) is 6.45. The molecule has 0 spiro atoms. The van der Waals surface area contributed by atoms with Gasteiger partial charge in [-0.3, -0.25) is 4.79 Å². The number of carbonyl (C=O) groups excluding carboxylic acids is 1. The predicted molar refractivity (Wildman–Crippen MR) is 67.7 cm³/mol. The van der Waals surface area contributed by atoms with Crippen LogP contribution in [0.2, 0.25) is 0 Å². The van der Waals surface area contributed by atoms with E-state index in [9.17, 15) is 4.79 Å². The third kappa shape index (κ3) is 4.23. The van der Waals surface area contributed by atoms with E-state index in [1.165, 1.54) is 25.7 Å². The van der Waals surface area contributed by atoms with Crippen LogP contribution in [0.1, 0.15) is 25.7 Å². The number of nitrogens with zero attached hydrogens (tertiary/aromatic N) is 1. The minimum Gasteiger partial charge on any atom is -0.353 e. The molecule has 0 bridgehead atoms. The second-order valence-electron chi connectivity index (χ2n) is 4.63. The molecule has 1 amide bonds. The molecular formula is C13H21N3O. The Morgan fingerprint density at radius 2 is 1.94 bits per heavy atom. The second kappa shape index (κ2) is 6.45. The summed E-state index contributed by atoms with van der Waals surface area (Å²) in [5.41, 5.74) is 0. The predicted octanol–water partition coefficient (Wildman–Crippen LogP) is 1.14. The van der Waals surface area contributed by atoms with Crippen molar-refractivity contribution in [3.63, 3.8) is 0 Å². The summed E-state index contributed by atoms with van der Waals surface area (Å²) in [7, 11) is 0. The van der Waals surface area contributed by atoms with Crippen LogP contribution in [0.4, 0.5) is 0 Å². The maximum Gasteiger partial charge on any atom is 0.234 e. The lowest BCUT2D eigenvalue weighted by molar-refractivity contribution is -0.120. The normalized spacial score (nSPS) is 16.2. The average Bonchev–Trinajstić information content (AvgIpc) is 2.99. The Morgan fingerprint density at radius 1 is 1.24 bits per heavy atom. The van der Waals surface area contributed by atoms with Crippen molar-refractivity contribution in [3.05, 3.63) is 24.5 Å². The van der Waals surface area contributed by atoms with Crippen molar-refractivity contribution in [1.82, 2.24) is 15.2 Å². The standard InChI is InChI=1S/C13H21N3O/c17-13(11-15-12-5-1-2-6-12)14-7-10-16-8-3-4-9-16/h3-4,8-9,12,15H,1-2,5-7,10-11H2,(H,14,17). The lowest BCUT2D eigenvalue weighted by atomic mass is 10.2. The number of amides is 1. The zero-order chi connectivity index (χ0) is 11.9. The highest BCUT2D eigenvalue weighted by atomic mass is 16.1. The van der Waals surface area contributed by atoms with Gasteiger partial charge >= 0.3 is 0 Å². The monoisotopic (exact) mass is 235 g/mol. The summed E-state index contributed by atoms with van der Waals surface area (Å²) in [6.45, 7) is 1.98. The van der Waals surface area contributed by atoms with Crippen LogP contribution in [-0.4, -0.2) is 29.6 Å². The molecule has 1 fully saturated rings. The van der Waals surface area contributed by atoms with Crippen molar-refractivity contribution in [2.24, 2.45) is 0 Å². The Bertz CT molecular complexity index is 328. The molecule has 1 saturated carbocycles. The van der Waals surface area contributed by atoms with Gasteiger partial charge in [0, 0.05) is 31.5 Å². The Hall–Kier alpha value is -1.29. The fraction of sp³-hybridized carbons (Fsp3) is 0.615. The number of carbonyl (C=O) groups is 1. The van der Waals surface area contributed by atoms with Gasteiger partial charge in [0.15, 0.2) is 0 Å². The van der Waals surface area contributed by atoms with Gasteiger partial charge < -0.3 is 15.2 Å². The van der Waals surface area contributed by atoms with Gasteiger partial charge in [-0.25, -0.2) is 0 Å². The summed E-state index contributed by atoms with van der Waals surface area (Å²) < 4.78 is 2.06. The van der Waals surface area contributed by atoms with Crippen molar-refractivity contribution in [2.75, 3.05) is 13.1 Å². The minimum absolute atomic E-state index is 0.101. The molecule has 2 N–H and O–H groups in total. The molecule has 1 aliphatic rings. The van der Waals surface area contributed by atoms with Crippen LogP contribution in [0.25, 0.3) is 0 Å². The van der Waals surface area contributed by atoms with Crippen LogP contribution in [0, 0.1) is 0 Å². The third-order valence-electron chi connectivity index (χ3n) is 3.26. The van der Waals surface area contributed by atoms with E-state index in [-0.39, 0.29) is 5.91 Å². The van der Waals surface area contributed by atoms with E-state index < -0.39 is 0 Å². The highest BCUT2D eigenvalue weighted by molar-refractivity contribution is 5.77. The molecule has 0 aliphatic heterocycles. The first-order valence-electron chi connectivity index (χ1n) is 6.45. The van der Waals surface area contributed by atoms with Gasteiger partial charge in [-0.05, 0) is 25.0 Å². The van der Waals surface area contributed by atoms with Crippen LogP contribution in [-0.2, 0) is 11.3 Å². The zero-order valence-electron chi connectivity index (χ0n) is 10.2. The smallest absolute Gasteiger partial charge is 0.234 e. The van der Waals surface area contributed by atoms with Gasteiger partial charge in [-0.1, -0.05) is 12.8 Å². The van der Waals surface area contributed by atoms with Gasteiger partial charge in [0.2, 0.25) is 5.91 Å². The maximum absolute atomic E-state index is 11.5. The molecule has 1 aliphatic carbocycles. The Balaban J connectivity index is 1.54. The fourth-order valence-corrected chi connectivity index (χ4v) is 2.27. The van der Waals surface area contributed by atoms with Crippen molar-refractivity contribution >= 4 is 5.91 Å². The van der Waals surface area contributed by atoms with Gasteiger partial charge in [0.05, 0.1) is 6.54 Å². The van der Waals surface area contributed by atoms with Gasteiger partial charge in [-0.2, -0.15) is 0 Å². The lowest BCUT2D eigenvalue weighted by Crippen LogP contribution is -2.39. The topological polar surface area (TPSA) is 46.1 Å². The zero-order valence-corrected chi connectivity index (χ0v) is 10.2. The first-order chi connectivity index (χ1) is 8.34. The van der Waals surface area contributed by atoms with Crippen LogP contribution < -0.4 is 10.6 Å². The first kappa shape index (κ1) is 12.2. The molecule has 0 unspecified atom stereocenters. The number of rotatable bonds is 6. The molecule has 2 rings (SSSR count). The van der Waals surface area contributed by atoms with E-state index in [1.54, 1.807) is 0 Å². The van der Waals surface area contributed by atoms with Gasteiger partial charge in [0.25, 0.3) is 0 Å². The summed E-state index contributed by atoms with van der Waals surface area (Å²) in [5.74, 6) is 0.101. The molecule has 4 heteroatoms. The summed E-state index contributed by atoms with van der Waals surface area (Å²) in [6.07, 6.45) is 9.04. The van der Waals surface area contributed by atoms with Crippen molar-refractivity contribution in [2.45, 2.75) is 38.3 Å². The van der Waals surface area contributed by atoms with Crippen LogP contribution in [0.3, 0.4) is 0 Å². The Labute approximate surface area is 102 Å². The fourth-order valence-electron chi connectivity index (χ4n) is 2.27. The molecule has 0 aromatic carbocycles. The molecule has 1 aromatic rings. The highest BCUT2D eigenvalue weighted by Gasteiger charge is 2.14. The molecule has 1 heterocycles. The molecule has 94 valence electrons. The van der Waals surface area contributed by atoms with E-state index in [1.807, 2.05) is 24.5 Å². The maximum atomic E-state index is 11.5. The third-order valence-corrected chi connectivity index (χ3v) is 3.26. The molecule has 17 heavy (non-hydrogen) atoms. The van der Waals surface area contributed by atoms with Gasteiger partial charge in [-0.15, -0.1) is 0 Å². The van der Waals surface area contributed by atoms with Crippen molar-refractivity contribution < 1.29 is 4.79 Å². The number of aromatic nitrogens is 1. The molecule has 1 aromatic heterocycles. The van der Waals surface area contributed by atoms with E-state index >= 15 is 0 Å². The summed E-state index contributed by atoms with van der Waals surface area (Å²) in [5, 5.41) is 6.23. The van der Waals surface area contributed by atoms with Gasteiger partial charge in [0.1, 0.15) is 0 Å². The molecule has 0 radical (unpaired) electrons. The number of nitrogens with one attached hydrogen (secondary N) is 2. The van der Waals surface area contributed by atoms with E-state index in [0.29, 0.717) is 19.1 Å². The number of hydrogen-bond acceptors (Lipinski definition) is 2. The van der Waals surface area contributed by atoms with Crippen LogP contribution >= 0.6 is 0 Å². The van der Waals surface area contributed by atoms with Crippen molar-refractivity contribution in [3.8, 4) is 0 Å². The van der Waals surface area contributed by atoms with Crippen LogP contribution in [0.15, 0.2) is 24.5 Å². The van der Waals surface area contributed by atoms with E-state index in [4.69, 9.17) is 0 Å². The molecule has 0 atom stereocenters. The summed E-state index contributed by atoms with van der Waals surface area (Å²) in [6, 6.07) is 4.54. The Morgan fingerprint density at radius 3 is 2.65 bits per heavy atom. The highest BCUT2D eigenvalue weighted by Crippen LogP contribution is 2.17. The van der Waals surface area contributed by atoms with Crippen molar-refractivity contribution in [1.29, 1.82) is 0 Å². The molecular weight excluding hydrogens is 214 g/mol. The largest absolute Gasteiger partial charge is 0.353 e. The minimum atomic E-state index is 0.101. The quantitative estimate of drug-likeness (QED) is 0.776. The SMILES string of the molecule is O=C(CNC1CCCC1)NCCn1cccc1. The second-order valence-corrected chi connectivity index (χ2v) is 4.63. The van der Waals surface area contributed by atoms with E-state index in [2.05, 4.69) is 15.2 Å². The summed E-state index contributed by atoms with van der Waals surface area (Å²) in [4.78, 5) is 11.5. The average molecular weight is 235 g/mol. The molecule has 0 saturated heterocycles. The molecule has 4 nitrogen and oxygen atoms in total. The summed E-state index contributed by atoms with van der Waals surface area (Å²) >= 11 is 0. The van der Waals surface area contributed by atoms with Crippen LogP contribution in [0.5, 0.6) is 0 Å². The lowest BCUT2D eigenvalue weighted by Gasteiger charge is -2.11. The van der Waals surface area contributed by atoms with E-state index in [0.717, 1.165) is 6.54 Å².